The maximum absolute atomic E-state index is 12.3. The van der Waals surface area contributed by atoms with E-state index in [2.05, 4.69) is 5.32 Å². The van der Waals surface area contributed by atoms with Crippen LogP contribution in [0.1, 0.15) is 19.4 Å². The minimum absolute atomic E-state index is 0.0899. The van der Waals surface area contributed by atoms with Crippen molar-refractivity contribution in [2.24, 2.45) is 0 Å². The number of rotatable bonds is 9. The first-order chi connectivity index (χ1) is 13.4. The molecule has 0 saturated carbocycles. The first-order valence-electron chi connectivity index (χ1n) is 8.80. The van der Waals surface area contributed by atoms with Gasteiger partial charge in [-0.1, -0.05) is 18.2 Å². The summed E-state index contributed by atoms with van der Waals surface area (Å²) in [5.74, 6) is -1.22. The Balaban J connectivity index is 1.97. The van der Waals surface area contributed by atoms with E-state index in [9.17, 15) is 19.2 Å². The first kappa shape index (κ1) is 20.9. The zero-order chi connectivity index (χ0) is 20.5. The summed E-state index contributed by atoms with van der Waals surface area (Å²) >= 11 is 0. The van der Waals surface area contributed by atoms with Crippen molar-refractivity contribution in [2.75, 3.05) is 26.4 Å². The van der Waals surface area contributed by atoms with Crippen molar-refractivity contribution in [1.29, 1.82) is 0 Å². The van der Waals surface area contributed by atoms with Gasteiger partial charge in [-0.25, -0.2) is 14.5 Å². The average molecular weight is 390 g/mol. The second-order valence-electron chi connectivity index (χ2n) is 5.69. The van der Waals surface area contributed by atoms with E-state index in [0.717, 1.165) is 10.5 Å². The summed E-state index contributed by atoms with van der Waals surface area (Å²) in [5, 5.41) is 2.44. The summed E-state index contributed by atoms with van der Waals surface area (Å²) in [6, 6.07) is 6.30. The van der Waals surface area contributed by atoms with Crippen LogP contribution in [0.25, 0.3) is 0 Å². The van der Waals surface area contributed by atoms with Gasteiger partial charge >= 0.3 is 18.0 Å². The van der Waals surface area contributed by atoms with Crippen molar-refractivity contribution >= 4 is 23.9 Å². The molecule has 9 nitrogen and oxygen atoms in total. The predicted molar refractivity (Wildman–Crippen MR) is 97.2 cm³/mol. The fraction of sp³-hybridized carbons (Fsp3) is 0.368. The molecule has 0 spiro atoms. The van der Waals surface area contributed by atoms with Gasteiger partial charge in [-0.3, -0.25) is 9.59 Å². The zero-order valence-electron chi connectivity index (χ0n) is 15.7. The molecular formula is C19H22N2O7. The topological polar surface area (TPSA) is 111 Å². The number of nitrogens with zero attached hydrogens (tertiary/aromatic N) is 1. The molecular weight excluding hydrogens is 368 g/mol. The molecule has 0 aromatic heterocycles. The minimum Gasteiger partial charge on any atom is -0.482 e. The molecule has 1 aliphatic rings. The van der Waals surface area contributed by atoms with Crippen LogP contribution in [0.2, 0.25) is 0 Å². The van der Waals surface area contributed by atoms with Crippen LogP contribution in [0.5, 0.6) is 5.75 Å². The summed E-state index contributed by atoms with van der Waals surface area (Å²) in [6.45, 7) is 3.16. The molecule has 1 heterocycles. The number of carbonyl (C=O) groups excluding carboxylic acids is 4. The van der Waals surface area contributed by atoms with Gasteiger partial charge in [-0.15, -0.1) is 0 Å². The quantitative estimate of drug-likeness (QED) is 0.383. The number of carbonyl (C=O) groups is 4. The summed E-state index contributed by atoms with van der Waals surface area (Å²) < 4.78 is 14.9. The molecule has 1 N–H and O–H groups in total. The van der Waals surface area contributed by atoms with Crippen molar-refractivity contribution in [3.8, 4) is 5.75 Å². The highest BCUT2D eigenvalue weighted by Crippen LogP contribution is 2.16. The summed E-state index contributed by atoms with van der Waals surface area (Å²) in [4.78, 5) is 47.8. The lowest BCUT2D eigenvalue weighted by Crippen LogP contribution is -2.36. The van der Waals surface area contributed by atoms with E-state index in [-0.39, 0.29) is 25.5 Å². The second-order valence-corrected chi connectivity index (χ2v) is 5.69. The van der Waals surface area contributed by atoms with Gasteiger partial charge in [-0.05, 0) is 38.0 Å². The van der Waals surface area contributed by atoms with Crippen LogP contribution in [0.4, 0.5) is 4.79 Å². The number of esters is 2. The lowest BCUT2D eigenvalue weighted by molar-refractivity contribution is -0.146. The third-order valence-electron chi connectivity index (χ3n) is 3.66. The van der Waals surface area contributed by atoms with Crippen LogP contribution < -0.4 is 10.1 Å². The Bertz CT molecular complexity index is 788. The molecule has 1 saturated heterocycles. The van der Waals surface area contributed by atoms with E-state index >= 15 is 0 Å². The Labute approximate surface area is 162 Å². The normalized spacial score (nSPS) is 14.8. The van der Waals surface area contributed by atoms with Gasteiger partial charge in [0.25, 0.3) is 5.91 Å². The predicted octanol–water partition coefficient (Wildman–Crippen LogP) is 1.17. The van der Waals surface area contributed by atoms with Gasteiger partial charge in [-0.2, -0.15) is 0 Å². The molecule has 3 amide bonds. The number of urea groups is 1. The maximum Gasteiger partial charge on any atom is 0.344 e. The zero-order valence-corrected chi connectivity index (χ0v) is 15.7. The Morgan fingerprint density at radius 3 is 2.54 bits per heavy atom. The molecule has 9 heteroatoms. The second kappa shape index (κ2) is 10.1. The molecule has 1 aromatic rings. The number of hydrogen-bond acceptors (Lipinski definition) is 7. The molecule has 0 unspecified atom stereocenters. The maximum atomic E-state index is 12.3. The number of nitrogens with one attached hydrogen (secondary N) is 1. The van der Waals surface area contributed by atoms with Gasteiger partial charge in [0.05, 0.1) is 13.2 Å². The standard InChI is InChI=1S/C19H22N2O7/c1-3-26-16(22)11-21-18(24)15(20-19(21)25)9-8-13-6-5-7-14(10-13)28-12-17(23)27-4-2/h5-7,9-10H,3-4,8,11-12H2,1-2H3,(H,20,25)/b15-9-. The number of ether oxygens (including phenoxy) is 3. The van der Waals surface area contributed by atoms with Gasteiger partial charge in [0.15, 0.2) is 6.61 Å². The third kappa shape index (κ3) is 5.83. The van der Waals surface area contributed by atoms with E-state index in [1.165, 1.54) is 0 Å². The molecule has 0 radical (unpaired) electrons. The molecule has 28 heavy (non-hydrogen) atoms. The van der Waals surface area contributed by atoms with Crippen molar-refractivity contribution in [3.05, 3.63) is 41.6 Å². The minimum atomic E-state index is -0.671. The average Bonchev–Trinajstić information content (AvgIpc) is 2.93. The summed E-state index contributed by atoms with van der Waals surface area (Å²) in [6.07, 6.45) is 1.89. The van der Waals surface area contributed by atoms with Gasteiger partial charge in [0.1, 0.15) is 18.0 Å². The lowest BCUT2D eigenvalue weighted by atomic mass is 10.1. The summed E-state index contributed by atoms with van der Waals surface area (Å²) in [7, 11) is 0. The molecule has 0 atom stereocenters. The molecule has 0 aliphatic carbocycles. The van der Waals surface area contributed by atoms with Crippen molar-refractivity contribution < 1.29 is 33.4 Å². The fourth-order valence-electron chi connectivity index (χ4n) is 2.42. The summed E-state index contributed by atoms with van der Waals surface area (Å²) in [5.41, 5.74) is 0.895. The fourth-order valence-corrected chi connectivity index (χ4v) is 2.42. The molecule has 0 bridgehead atoms. The van der Waals surface area contributed by atoms with Crippen molar-refractivity contribution in [3.63, 3.8) is 0 Å². The van der Waals surface area contributed by atoms with Crippen LogP contribution in [0, 0.1) is 0 Å². The van der Waals surface area contributed by atoms with Crippen molar-refractivity contribution in [1.82, 2.24) is 10.2 Å². The number of imide groups is 1. The number of allylic oxidation sites excluding steroid dienone is 1. The largest absolute Gasteiger partial charge is 0.482 e. The van der Waals surface area contributed by atoms with E-state index in [0.29, 0.717) is 12.2 Å². The highest BCUT2D eigenvalue weighted by atomic mass is 16.6. The van der Waals surface area contributed by atoms with Crippen LogP contribution in [-0.4, -0.2) is 55.1 Å². The third-order valence-corrected chi connectivity index (χ3v) is 3.66. The van der Waals surface area contributed by atoms with Gasteiger partial charge < -0.3 is 19.5 Å². The highest BCUT2D eigenvalue weighted by Gasteiger charge is 2.35. The number of hydrogen-bond donors (Lipinski definition) is 1. The van der Waals surface area contributed by atoms with Crippen molar-refractivity contribution in [2.45, 2.75) is 20.3 Å². The molecule has 1 aromatic carbocycles. The van der Waals surface area contributed by atoms with Crippen LogP contribution in [0.15, 0.2) is 36.0 Å². The lowest BCUT2D eigenvalue weighted by Gasteiger charge is -2.10. The monoisotopic (exact) mass is 390 g/mol. The van der Waals surface area contributed by atoms with E-state index in [1.54, 1.807) is 38.1 Å². The van der Waals surface area contributed by atoms with Crippen LogP contribution in [-0.2, 0) is 30.3 Å². The molecule has 2 rings (SSSR count). The molecule has 1 fully saturated rings. The highest BCUT2D eigenvalue weighted by molar-refractivity contribution is 6.13. The molecule has 1 aliphatic heterocycles. The van der Waals surface area contributed by atoms with E-state index in [4.69, 9.17) is 14.2 Å². The van der Waals surface area contributed by atoms with Crippen LogP contribution >= 0.6 is 0 Å². The number of benzene rings is 1. The molecule has 150 valence electrons. The van der Waals surface area contributed by atoms with E-state index in [1.807, 2.05) is 6.07 Å². The Morgan fingerprint density at radius 2 is 1.82 bits per heavy atom. The smallest absolute Gasteiger partial charge is 0.344 e. The van der Waals surface area contributed by atoms with Gasteiger partial charge in [0.2, 0.25) is 0 Å². The Hall–Kier alpha value is -3.36. The van der Waals surface area contributed by atoms with Crippen LogP contribution in [0.3, 0.4) is 0 Å². The Morgan fingerprint density at radius 1 is 1.11 bits per heavy atom. The first-order valence-corrected chi connectivity index (χ1v) is 8.80. The SMILES string of the molecule is CCOC(=O)COc1cccc(C/C=C2\NC(=O)N(CC(=O)OCC)C2=O)c1. The van der Waals surface area contributed by atoms with Gasteiger partial charge in [0, 0.05) is 0 Å². The number of amides is 3. The Kier molecular flexibility index (Phi) is 7.55. The van der Waals surface area contributed by atoms with E-state index < -0.39 is 30.4 Å².